The van der Waals surface area contributed by atoms with Gasteiger partial charge in [-0.2, -0.15) is 21.8 Å². The molecule has 2 saturated heterocycles. The number of hydrogen-bond acceptors (Lipinski definition) is 9. The van der Waals surface area contributed by atoms with Gasteiger partial charge < -0.3 is 31.9 Å². The lowest BCUT2D eigenvalue weighted by Gasteiger charge is -2.24. The van der Waals surface area contributed by atoms with Crippen molar-refractivity contribution in [2.45, 2.75) is 101 Å². The molecule has 1 aromatic carbocycles. The summed E-state index contributed by atoms with van der Waals surface area (Å²) in [7, 11) is 0. The van der Waals surface area contributed by atoms with E-state index >= 15 is 0 Å². The van der Waals surface area contributed by atoms with Crippen molar-refractivity contribution < 1.29 is 9.59 Å². The van der Waals surface area contributed by atoms with Crippen LogP contribution < -0.4 is 31.9 Å². The number of urea groups is 1. The van der Waals surface area contributed by atoms with E-state index in [2.05, 4.69) is 78.0 Å². The van der Waals surface area contributed by atoms with Crippen LogP contribution in [0.15, 0.2) is 42.6 Å². The Morgan fingerprint density at radius 3 is 2.64 bits per heavy atom. The third-order valence-electron chi connectivity index (χ3n) is 9.39. The molecular weight excluding hydrogens is 613 g/mol. The molecule has 0 spiro atoms. The minimum absolute atomic E-state index is 0.0450. The van der Waals surface area contributed by atoms with Gasteiger partial charge in [0.05, 0.1) is 12.1 Å². The van der Waals surface area contributed by atoms with Crippen LogP contribution in [0.5, 0.6) is 0 Å². The highest BCUT2D eigenvalue weighted by atomic mass is 32.2. The van der Waals surface area contributed by atoms with Gasteiger partial charge in [0, 0.05) is 65.3 Å². The summed E-state index contributed by atoms with van der Waals surface area (Å²) in [5.41, 5.74) is 3.13. The van der Waals surface area contributed by atoms with Crippen molar-refractivity contribution in [3.05, 3.63) is 48.3 Å². The molecule has 5 atom stereocenters. The fraction of sp³-hybridized carbons (Fsp3) is 0.559. The summed E-state index contributed by atoms with van der Waals surface area (Å²) in [4.78, 5) is 33.1. The maximum absolute atomic E-state index is 12.6. The molecule has 7 N–H and O–H groups in total. The second kappa shape index (κ2) is 15.7. The number of thioether (sulfide) groups is 1. The Balaban J connectivity index is 0.897. The van der Waals surface area contributed by atoms with Crippen molar-refractivity contribution in [1.29, 1.82) is 0 Å². The van der Waals surface area contributed by atoms with Crippen LogP contribution in [-0.4, -0.2) is 67.8 Å². The third kappa shape index (κ3) is 9.30. The van der Waals surface area contributed by atoms with Gasteiger partial charge in [0.15, 0.2) is 5.82 Å². The van der Waals surface area contributed by atoms with Crippen molar-refractivity contribution in [2.75, 3.05) is 28.2 Å². The van der Waals surface area contributed by atoms with Crippen molar-refractivity contribution >= 4 is 52.7 Å². The summed E-state index contributed by atoms with van der Waals surface area (Å²) in [5.74, 6) is 4.07. The monoisotopic (exact) mass is 660 g/mol. The van der Waals surface area contributed by atoms with Gasteiger partial charge in [-0.25, -0.2) is 9.78 Å². The normalized spacial score (nSPS) is 21.3. The zero-order valence-corrected chi connectivity index (χ0v) is 28.2. The Morgan fingerprint density at radius 1 is 1.02 bits per heavy atom. The number of amides is 3. The van der Waals surface area contributed by atoms with Crippen LogP contribution in [0, 0.1) is 5.92 Å². The molecule has 0 bridgehead atoms. The lowest BCUT2D eigenvalue weighted by molar-refractivity contribution is -0.121. The maximum atomic E-state index is 12.6. The first-order valence-corrected chi connectivity index (χ1v) is 18.2. The Hall–Kier alpha value is -4.00. The van der Waals surface area contributed by atoms with Crippen LogP contribution in [-0.2, 0) is 4.79 Å². The fourth-order valence-corrected chi connectivity index (χ4v) is 7.93. The molecule has 4 heterocycles. The van der Waals surface area contributed by atoms with Crippen LogP contribution in [0.1, 0.15) is 83.2 Å². The largest absolute Gasteiger partial charge is 0.382 e. The summed E-state index contributed by atoms with van der Waals surface area (Å²) in [6, 6.07) is 12.8. The average molecular weight is 661 g/mol. The van der Waals surface area contributed by atoms with E-state index in [1.54, 1.807) is 6.20 Å². The molecule has 6 rings (SSSR count). The number of carbonyl (C=O) groups is 2. The molecule has 2 aromatic heterocycles. The molecule has 3 aromatic rings. The van der Waals surface area contributed by atoms with Gasteiger partial charge in [0.1, 0.15) is 5.82 Å². The lowest BCUT2D eigenvalue weighted by atomic mass is 9.95. The molecule has 12 nitrogen and oxygen atoms in total. The van der Waals surface area contributed by atoms with E-state index in [1.807, 2.05) is 36.0 Å². The van der Waals surface area contributed by atoms with Crippen molar-refractivity contribution in [3.8, 4) is 0 Å². The Morgan fingerprint density at radius 2 is 1.85 bits per heavy atom. The molecule has 3 aliphatic rings. The summed E-state index contributed by atoms with van der Waals surface area (Å²) in [6.45, 7) is 5.09. The van der Waals surface area contributed by atoms with E-state index in [4.69, 9.17) is 0 Å². The molecular formula is C34H48N10O2S. The Kier molecular flexibility index (Phi) is 11.0. The highest BCUT2D eigenvalue weighted by Crippen LogP contribution is 2.39. The van der Waals surface area contributed by atoms with Gasteiger partial charge in [-0.05, 0) is 74.8 Å². The van der Waals surface area contributed by atoms with Crippen molar-refractivity contribution in [3.63, 3.8) is 0 Å². The zero-order chi connectivity index (χ0) is 32.6. The standard InChI is InChI=1S/C34H48N10O2S/c1-3-21(19-36-31(45)8-6-5-7-28-32-27(20-47-28)39-34(46)42-32)17-23(4-2)37-24-11-13-25(14-12-24)38-33-35-16-15-29(41-33)40-30-18-26(43-44-30)22-9-10-22/h11-16,18,21-23,27-28,32,37H,3-10,17,19-20H2,1-2H3,(H,36,45)(H2,39,42,46)(H3,35,38,40,41,43,44). The summed E-state index contributed by atoms with van der Waals surface area (Å²) >= 11 is 1.93. The number of benzene rings is 1. The van der Waals surface area contributed by atoms with Gasteiger partial charge in [-0.3, -0.25) is 9.89 Å². The Labute approximate surface area is 281 Å². The highest BCUT2D eigenvalue weighted by molar-refractivity contribution is 8.00. The second-order valence-electron chi connectivity index (χ2n) is 13.0. The van der Waals surface area contributed by atoms with Crippen LogP contribution in [0.25, 0.3) is 0 Å². The van der Waals surface area contributed by atoms with Crippen LogP contribution >= 0.6 is 11.8 Å². The summed E-state index contributed by atoms with van der Waals surface area (Å²) in [6.07, 6.45) is 10.6. The SMILES string of the molecule is CCC(CNC(=O)CCCCC1SCC2NC(=O)NC21)CC(CC)Nc1ccc(Nc2nccc(Nc3cc(C4CC4)[nH]n3)n2)cc1. The number of unbranched alkanes of at least 4 members (excludes halogenated alkanes) is 1. The van der Waals surface area contributed by atoms with E-state index in [0.29, 0.717) is 47.9 Å². The molecule has 3 fully saturated rings. The summed E-state index contributed by atoms with van der Waals surface area (Å²) in [5, 5.41) is 27.4. The first-order valence-electron chi connectivity index (χ1n) is 17.2. The number of fused-ring (bicyclic) bond motifs is 1. The zero-order valence-electron chi connectivity index (χ0n) is 27.4. The van der Waals surface area contributed by atoms with Crippen molar-refractivity contribution in [1.82, 2.24) is 36.1 Å². The number of H-pyrrole nitrogens is 1. The van der Waals surface area contributed by atoms with Gasteiger partial charge in [0.25, 0.3) is 0 Å². The molecule has 13 heteroatoms. The predicted octanol–water partition coefficient (Wildman–Crippen LogP) is 6.01. The van der Waals surface area contributed by atoms with E-state index < -0.39 is 0 Å². The van der Waals surface area contributed by atoms with Crippen LogP contribution in [0.4, 0.5) is 33.8 Å². The smallest absolute Gasteiger partial charge is 0.315 e. The third-order valence-corrected chi connectivity index (χ3v) is 10.9. The molecule has 47 heavy (non-hydrogen) atoms. The number of rotatable bonds is 18. The number of aromatic nitrogens is 4. The quantitative estimate of drug-likeness (QED) is 0.0640. The minimum Gasteiger partial charge on any atom is -0.382 e. The molecule has 252 valence electrons. The van der Waals surface area contributed by atoms with E-state index in [-0.39, 0.29) is 24.0 Å². The molecule has 2 aliphatic heterocycles. The minimum atomic E-state index is -0.0450. The second-order valence-corrected chi connectivity index (χ2v) is 14.3. The molecule has 5 unspecified atom stereocenters. The Bertz CT molecular complexity index is 1480. The van der Waals surface area contributed by atoms with Gasteiger partial charge in [0.2, 0.25) is 11.9 Å². The predicted molar refractivity (Wildman–Crippen MR) is 189 cm³/mol. The van der Waals surface area contributed by atoms with Gasteiger partial charge >= 0.3 is 6.03 Å². The van der Waals surface area contributed by atoms with E-state index in [9.17, 15) is 9.59 Å². The number of aromatic amines is 1. The molecule has 0 radical (unpaired) electrons. The number of carbonyl (C=O) groups excluding carboxylic acids is 2. The topological polar surface area (TPSA) is 161 Å². The van der Waals surface area contributed by atoms with Crippen LogP contribution in [0.3, 0.4) is 0 Å². The number of anilines is 5. The highest BCUT2D eigenvalue weighted by Gasteiger charge is 2.42. The van der Waals surface area contributed by atoms with Gasteiger partial charge in [-0.15, -0.1) is 0 Å². The number of nitrogens with zero attached hydrogens (tertiary/aromatic N) is 3. The summed E-state index contributed by atoms with van der Waals surface area (Å²) < 4.78 is 0. The van der Waals surface area contributed by atoms with E-state index in [1.165, 1.54) is 18.5 Å². The molecule has 3 amide bonds. The average Bonchev–Trinajstić information content (AvgIpc) is 3.55. The van der Waals surface area contributed by atoms with E-state index in [0.717, 1.165) is 61.5 Å². The first-order chi connectivity index (χ1) is 22.9. The maximum Gasteiger partial charge on any atom is 0.315 e. The lowest BCUT2D eigenvalue weighted by Crippen LogP contribution is -2.36. The van der Waals surface area contributed by atoms with Crippen LogP contribution in [0.2, 0.25) is 0 Å². The van der Waals surface area contributed by atoms with Gasteiger partial charge in [-0.1, -0.05) is 26.7 Å². The molecule has 1 aliphatic carbocycles. The van der Waals surface area contributed by atoms with Crippen molar-refractivity contribution in [2.24, 2.45) is 5.92 Å². The fourth-order valence-electron chi connectivity index (χ4n) is 6.38. The molecule has 1 saturated carbocycles. The number of hydrogen-bond donors (Lipinski definition) is 7. The number of nitrogens with one attached hydrogen (secondary N) is 7. The first kappa shape index (κ1) is 32.9.